The molecule has 0 saturated heterocycles. The highest BCUT2D eigenvalue weighted by Crippen LogP contribution is 2.28. The molecule has 2 rings (SSSR count). The molecule has 0 saturated carbocycles. The van der Waals surface area contributed by atoms with Crippen LogP contribution in [0, 0.1) is 19.7 Å². The number of benzene rings is 2. The highest BCUT2D eigenvalue weighted by atomic mass is 19.1. The summed E-state index contributed by atoms with van der Waals surface area (Å²) in [6.07, 6.45) is 0. The highest BCUT2D eigenvalue weighted by Gasteiger charge is 2.19. The number of hydrazine groups is 1. The Hall–Kier alpha value is -1.91. The molecule has 0 aromatic heterocycles. The van der Waals surface area contributed by atoms with E-state index in [2.05, 4.69) is 5.43 Å². The molecule has 0 fully saturated rings. The molecule has 3 N–H and O–H groups in total. The minimum Gasteiger partial charge on any atom is -0.497 e. The Morgan fingerprint density at radius 3 is 2.30 bits per heavy atom. The molecular formula is C16H19FN2O. The molecule has 1 unspecified atom stereocenters. The summed E-state index contributed by atoms with van der Waals surface area (Å²) in [5.74, 6) is 6.14. The molecule has 1 atom stereocenters. The van der Waals surface area contributed by atoms with Crippen molar-refractivity contribution in [2.45, 2.75) is 19.9 Å². The van der Waals surface area contributed by atoms with E-state index in [0.29, 0.717) is 5.56 Å². The molecule has 4 heteroatoms. The van der Waals surface area contributed by atoms with Crippen LogP contribution in [0.5, 0.6) is 5.75 Å². The Bertz CT molecular complexity index is 573. The van der Waals surface area contributed by atoms with Crippen LogP contribution in [0.3, 0.4) is 0 Å². The molecule has 0 aliphatic rings. The van der Waals surface area contributed by atoms with Crippen molar-refractivity contribution in [2.24, 2.45) is 5.84 Å². The standard InChI is InChI=1S/C16H19FN2O/c1-10-8-11(2)15(14(17)9-10)16(19-18)12-4-6-13(20-3)7-5-12/h4-9,16,19H,18H2,1-3H3. The van der Waals surface area contributed by atoms with Gasteiger partial charge in [-0.1, -0.05) is 18.2 Å². The maximum absolute atomic E-state index is 14.3. The number of nitrogens with one attached hydrogen (secondary N) is 1. The van der Waals surface area contributed by atoms with E-state index in [1.54, 1.807) is 7.11 Å². The first-order valence-corrected chi connectivity index (χ1v) is 6.43. The summed E-state index contributed by atoms with van der Waals surface area (Å²) in [6.45, 7) is 3.76. The van der Waals surface area contributed by atoms with Gasteiger partial charge in [-0.2, -0.15) is 0 Å². The van der Waals surface area contributed by atoms with Crippen molar-refractivity contribution >= 4 is 0 Å². The molecule has 3 nitrogen and oxygen atoms in total. The lowest BCUT2D eigenvalue weighted by Gasteiger charge is -2.20. The van der Waals surface area contributed by atoms with E-state index in [4.69, 9.17) is 10.6 Å². The molecule has 0 bridgehead atoms. The Morgan fingerprint density at radius 1 is 1.15 bits per heavy atom. The Balaban J connectivity index is 2.46. The van der Waals surface area contributed by atoms with Crippen LogP contribution < -0.4 is 16.0 Å². The van der Waals surface area contributed by atoms with Gasteiger partial charge in [0.25, 0.3) is 0 Å². The molecule has 0 spiro atoms. The third-order valence-corrected chi connectivity index (χ3v) is 3.39. The molecule has 2 aromatic carbocycles. The van der Waals surface area contributed by atoms with Gasteiger partial charge in [0.05, 0.1) is 13.2 Å². The van der Waals surface area contributed by atoms with E-state index >= 15 is 0 Å². The summed E-state index contributed by atoms with van der Waals surface area (Å²) in [5.41, 5.74) is 5.93. The molecule has 0 aliphatic heterocycles. The average Bonchev–Trinajstić information content (AvgIpc) is 2.43. The van der Waals surface area contributed by atoms with Crippen LogP contribution in [-0.2, 0) is 0 Å². The van der Waals surface area contributed by atoms with Crippen LogP contribution in [0.25, 0.3) is 0 Å². The number of halogens is 1. The van der Waals surface area contributed by atoms with Gasteiger partial charge in [0.15, 0.2) is 0 Å². The zero-order valence-electron chi connectivity index (χ0n) is 11.9. The normalized spacial score (nSPS) is 12.2. The average molecular weight is 274 g/mol. The van der Waals surface area contributed by atoms with Crippen LogP contribution in [0.4, 0.5) is 4.39 Å². The zero-order valence-corrected chi connectivity index (χ0v) is 11.9. The number of hydrogen-bond donors (Lipinski definition) is 2. The molecular weight excluding hydrogens is 255 g/mol. The quantitative estimate of drug-likeness (QED) is 0.665. The second-order valence-corrected chi connectivity index (χ2v) is 4.85. The Labute approximate surface area is 118 Å². The molecule has 0 heterocycles. The first kappa shape index (κ1) is 14.5. The van der Waals surface area contributed by atoms with Crippen molar-refractivity contribution in [3.63, 3.8) is 0 Å². The largest absolute Gasteiger partial charge is 0.497 e. The first-order chi connectivity index (χ1) is 9.56. The van der Waals surface area contributed by atoms with Crippen molar-refractivity contribution in [3.8, 4) is 5.75 Å². The fourth-order valence-corrected chi connectivity index (χ4v) is 2.44. The van der Waals surface area contributed by atoms with Crippen LogP contribution >= 0.6 is 0 Å². The van der Waals surface area contributed by atoms with E-state index in [1.807, 2.05) is 44.2 Å². The summed E-state index contributed by atoms with van der Waals surface area (Å²) >= 11 is 0. The van der Waals surface area contributed by atoms with Crippen LogP contribution in [-0.4, -0.2) is 7.11 Å². The number of methoxy groups -OCH3 is 1. The van der Waals surface area contributed by atoms with Crippen molar-refractivity contribution in [1.82, 2.24) is 5.43 Å². The van der Waals surface area contributed by atoms with Gasteiger partial charge in [-0.3, -0.25) is 5.84 Å². The lowest BCUT2D eigenvalue weighted by molar-refractivity contribution is 0.414. The molecule has 0 amide bonds. The van der Waals surface area contributed by atoms with Crippen molar-refractivity contribution in [1.29, 1.82) is 0 Å². The van der Waals surface area contributed by atoms with Crippen molar-refractivity contribution in [3.05, 3.63) is 64.5 Å². The van der Waals surface area contributed by atoms with Crippen LogP contribution in [0.1, 0.15) is 28.3 Å². The van der Waals surface area contributed by atoms with Crippen LogP contribution in [0.2, 0.25) is 0 Å². The highest BCUT2D eigenvalue weighted by molar-refractivity contribution is 5.41. The number of aryl methyl sites for hydroxylation is 2. The van der Waals surface area contributed by atoms with Gasteiger partial charge in [0.1, 0.15) is 11.6 Å². The lowest BCUT2D eigenvalue weighted by atomic mass is 9.93. The molecule has 2 aromatic rings. The third kappa shape index (κ3) is 2.81. The molecule has 20 heavy (non-hydrogen) atoms. The number of rotatable bonds is 4. The number of nitrogens with two attached hydrogens (primary N) is 1. The number of hydrogen-bond acceptors (Lipinski definition) is 3. The van der Waals surface area contributed by atoms with E-state index in [1.165, 1.54) is 6.07 Å². The predicted molar refractivity (Wildman–Crippen MR) is 78.0 cm³/mol. The predicted octanol–water partition coefficient (Wildman–Crippen LogP) is 3.00. The maximum atomic E-state index is 14.3. The fraction of sp³-hybridized carbons (Fsp3) is 0.250. The number of ether oxygens (including phenoxy) is 1. The SMILES string of the molecule is COc1ccc(C(NN)c2c(C)cc(C)cc2F)cc1. The van der Waals surface area contributed by atoms with Crippen LogP contribution in [0.15, 0.2) is 36.4 Å². The summed E-state index contributed by atoms with van der Waals surface area (Å²) in [7, 11) is 1.61. The summed E-state index contributed by atoms with van der Waals surface area (Å²) in [6, 6.07) is 10.5. The van der Waals surface area contributed by atoms with Crippen molar-refractivity contribution < 1.29 is 9.13 Å². The molecule has 106 valence electrons. The topological polar surface area (TPSA) is 47.3 Å². The summed E-state index contributed by atoms with van der Waals surface area (Å²) in [5, 5.41) is 0. The van der Waals surface area contributed by atoms with Gasteiger partial charge in [-0.25, -0.2) is 9.82 Å². The molecule has 0 radical (unpaired) electrons. The minimum absolute atomic E-state index is 0.249. The van der Waals surface area contributed by atoms with Gasteiger partial charge in [0, 0.05) is 5.56 Å². The van der Waals surface area contributed by atoms with E-state index < -0.39 is 0 Å². The lowest BCUT2D eigenvalue weighted by Crippen LogP contribution is -2.30. The third-order valence-electron chi connectivity index (χ3n) is 3.39. The second-order valence-electron chi connectivity index (χ2n) is 4.85. The monoisotopic (exact) mass is 274 g/mol. The van der Waals surface area contributed by atoms with E-state index in [9.17, 15) is 4.39 Å². The zero-order chi connectivity index (χ0) is 14.7. The summed E-state index contributed by atoms with van der Waals surface area (Å²) in [4.78, 5) is 0. The van der Waals surface area contributed by atoms with Gasteiger partial charge < -0.3 is 4.74 Å². The van der Waals surface area contributed by atoms with Gasteiger partial charge in [0.2, 0.25) is 0 Å². The van der Waals surface area contributed by atoms with E-state index in [0.717, 1.165) is 22.4 Å². The smallest absolute Gasteiger partial charge is 0.128 e. The van der Waals surface area contributed by atoms with Gasteiger partial charge in [-0.05, 0) is 48.7 Å². The van der Waals surface area contributed by atoms with Gasteiger partial charge >= 0.3 is 0 Å². The fourth-order valence-electron chi connectivity index (χ4n) is 2.44. The second kappa shape index (κ2) is 6.03. The molecule has 0 aliphatic carbocycles. The Morgan fingerprint density at radius 2 is 1.80 bits per heavy atom. The first-order valence-electron chi connectivity index (χ1n) is 6.43. The summed E-state index contributed by atoms with van der Waals surface area (Å²) < 4.78 is 19.4. The maximum Gasteiger partial charge on any atom is 0.128 e. The minimum atomic E-state index is -0.387. The van der Waals surface area contributed by atoms with E-state index in [-0.39, 0.29) is 11.9 Å². The van der Waals surface area contributed by atoms with Gasteiger partial charge in [-0.15, -0.1) is 0 Å². The Kier molecular flexibility index (Phi) is 4.37. The van der Waals surface area contributed by atoms with Crippen molar-refractivity contribution in [2.75, 3.05) is 7.11 Å².